The number of para-hydroxylation sites is 1. The SMILES string of the molecule is COc1nc2ccccc2c(Sc2ccc(C)cc2)c1[N+](=O)[O-]. The molecule has 3 aromatic rings. The van der Waals surface area contributed by atoms with Crippen molar-refractivity contribution in [3.05, 3.63) is 64.2 Å². The molecular formula is C17H14N2O3S. The molecule has 0 unspecified atom stereocenters. The molecule has 2 aromatic carbocycles. The normalized spacial score (nSPS) is 10.7. The zero-order valence-corrected chi connectivity index (χ0v) is 13.5. The number of aryl methyl sites for hydroxylation is 1. The van der Waals surface area contributed by atoms with Crippen molar-refractivity contribution < 1.29 is 9.66 Å². The molecule has 1 heterocycles. The molecule has 0 aliphatic heterocycles. The van der Waals surface area contributed by atoms with Crippen LogP contribution in [0.2, 0.25) is 0 Å². The molecule has 6 heteroatoms. The number of aromatic nitrogens is 1. The Hall–Kier alpha value is -2.60. The van der Waals surface area contributed by atoms with Crippen LogP contribution in [0.5, 0.6) is 5.88 Å². The van der Waals surface area contributed by atoms with Crippen molar-refractivity contribution in [3.63, 3.8) is 0 Å². The minimum Gasteiger partial charge on any atom is -0.476 e. The third-order valence-corrected chi connectivity index (χ3v) is 4.53. The number of fused-ring (bicyclic) bond motifs is 1. The molecule has 0 aliphatic carbocycles. The maximum atomic E-state index is 11.6. The van der Waals surface area contributed by atoms with E-state index in [1.165, 1.54) is 18.9 Å². The molecule has 3 rings (SSSR count). The van der Waals surface area contributed by atoms with E-state index in [0.717, 1.165) is 15.8 Å². The first-order valence-electron chi connectivity index (χ1n) is 6.96. The van der Waals surface area contributed by atoms with Crippen molar-refractivity contribution in [2.75, 3.05) is 7.11 Å². The van der Waals surface area contributed by atoms with E-state index in [2.05, 4.69) is 4.98 Å². The zero-order chi connectivity index (χ0) is 16.4. The number of ether oxygens (including phenoxy) is 1. The lowest BCUT2D eigenvalue weighted by molar-refractivity contribution is -0.388. The number of benzene rings is 2. The molecule has 23 heavy (non-hydrogen) atoms. The maximum Gasteiger partial charge on any atom is 0.345 e. The third kappa shape index (κ3) is 2.98. The fourth-order valence-corrected chi connectivity index (χ4v) is 3.33. The smallest absolute Gasteiger partial charge is 0.345 e. The Kier molecular flexibility index (Phi) is 4.16. The molecule has 0 bridgehead atoms. The second-order valence-electron chi connectivity index (χ2n) is 4.99. The topological polar surface area (TPSA) is 65.3 Å². The van der Waals surface area contributed by atoms with Gasteiger partial charge in [0.15, 0.2) is 0 Å². The van der Waals surface area contributed by atoms with E-state index in [9.17, 15) is 10.1 Å². The van der Waals surface area contributed by atoms with Gasteiger partial charge in [-0.3, -0.25) is 10.1 Å². The van der Waals surface area contributed by atoms with E-state index in [-0.39, 0.29) is 11.6 Å². The van der Waals surface area contributed by atoms with E-state index >= 15 is 0 Å². The molecular weight excluding hydrogens is 312 g/mol. The Morgan fingerprint density at radius 1 is 1.13 bits per heavy atom. The molecule has 0 saturated heterocycles. The zero-order valence-electron chi connectivity index (χ0n) is 12.6. The van der Waals surface area contributed by atoms with Gasteiger partial charge in [-0.05, 0) is 25.1 Å². The van der Waals surface area contributed by atoms with E-state index in [1.54, 1.807) is 0 Å². The molecule has 0 atom stereocenters. The lowest BCUT2D eigenvalue weighted by Gasteiger charge is -2.10. The predicted molar refractivity (Wildman–Crippen MR) is 90.3 cm³/mol. The standard InChI is InChI=1S/C17H14N2O3S/c1-11-7-9-12(10-8-11)23-16-13-5-3-4-6-14(13)18-17(22-2)15(16)19(20)21/h3-10H,1-2H3. The highest BCUT2D eigenvalue weighted by molar-refractivity contribution is 7.99. The summed E-state index contributed by atoms with van der Waals surface area (Å²) >= 11 is 1.35. The largest absolute Gasteiger partial charge is 0.476 e. The fourth-order valence-electron chi connectivity index (χ4n) is 2.28. The first-order chi connectivity index (χ1) is 11.1. The van der Waals surface area contributed by atoms with E-state index in [4.69, 9.17) is 4.74 Å². The summed E-state index contributed by atoms with van der Waals surface area (Å²) in [4.78, 5) is 16.9. The Balaban J connectivity index is 2.24. The lowest BCUT2D eigenvalue weighted by atomic mass is 10.2. The van der Waals surface area contributed by atoms with Gasteiger partial charge in [-0.2, -0.15) is 0 Å². The van der Waals surface area contributed by atoms with Crippen LogP contribution in [0.3, 0.4) is 0 Å². The van der Waals surface area contributed by atoms with Crippen LogP contribution in [-0.2, 0) is 0 Å². The van der Waals surface area contributed by atoms with Crippen LogP contribution in [0.15, 0.2) is 58.3 Å². The van der Waals surface area contributed by atoms with Gasteiger partial charge in [0.1, 0.15) is 4.90 Å². The highest BCUT2D eigenvalue weighted by Gasteiger charge is 2.26. The van der Waals surface area contributed by atoms with Gasteiger partial charge in [-0.1, -0.05) is 47.7 Å². The Bertz CT molecular complexity index is 879. The predicted octanol–water partition coefficient (Wildman–Crippen LogP) is 4.61. The number of hydrogen-bond acceptors (Lipinski definition) is 5. The van der Waals surface area contributed by atoms with Gasteiger partial charge in [-0.25, -0.2) is 4.98 Å². The average Bonchev–Trinajstić information content (AvgIpc) is 2.56. The van der Waals surface area contributed by atoms with E-state index < -0.39 is 4.92 Å². The summed E-state index contributed by atoms with van der Waals surface area (Å²) in [6.07, 6.45) is 0. The maximum absolute atomic E-state index is 11.6. The van der Waals surface area contributed by atoms with Crippen molar-refractivity contribution >= 4 is 28.4 Å². The minimum atomic E-state index is -0.436. The van der Waals surface area contributed by atoms with Gasteiger partial charge in [-0.15, -0.1) is 0 Å². The average molecular weight is 326 g/mol. The first-order valence-corrected chi connectivity index (χ1v) is 7.77. The van der Waals surface area contributed by atoms with Crippen molar-refractivity contribution in [1.29, 1.82) is 0 Å². The Labute approximate surface area is 137 Å². The summed E-state index contributed by atoms with van der Waals surface area (Å²) in [5.74, 6) is 0.0308. The molecule has 0 aliphatic rings. The Morgan fingerprint density at radius 2 is 1.83 bits per heavy atom. The molecule has 0 radical (unpaired) electrons. The third-order valence-electron chi connectivity index (χ3n) is 3.41. The minimum absolute atomic E-state index is 0.0308. The van der Waals surface area contributed by atoms with Gasteiger partial charge >= 0.3 is 5.69 Å². The van der Waals surface area contributed by atoms with Gasteiger partial charge in [0, 0.05) is 10.3 Å². The monoisotopic (exact) mass is 326 g/mol. The number of pyridine rings is 1. The molecule has 0 saturated carbocycles. The molecule has 0 N–H and O–H groups in total. The summed E-state index contributed by atoms with van der Waals surface area (Å²) in [5.41, 5.74) is 1.71. The number of hydrogen-bond donors (Lipinski definition) is 0. The van der Waals surface area contributed by atoms with Crippen LogP contribution in [0.25, 0.3) is 10.9 Å². The van der Waals surface area contributed by atoms with Crippen LogP contribution >= 0.6 is 11.8 Å². The fraction of sp³-hybridized carbons (Fsp3) is 0.118. The summed E-state index contributed by atoms with van der Waals surface area (Å²) < 4.78 is 5.15. The number of methoxy groups -OCH3 is 1. The number of rotatable bonds is 4. The second kappa shape index (κ2) is 6.26. The molecule has 0 spiro atoms. The Morgan fingerprint density at radius 3 is 2.48 bits per heavy atom. The summed E-state index contributed by atoms with van der Waals surface area (Å²) in [6, 6.07) is 15.2. The van der Waals surface area contributed by atoms with Crippen molar-refractivity contribution in [3.8, 4) is 5.88 Å². The highest BCUT2D eigenvalue weighted by Crippen LogP contribution is 2.43. The highest BCUT2D eigenvalue weighted by atomic mass is 32.2. The van der Waals surface area contributed by atoms with Crippen molar-refractivity contribution in [2.24, 2.45) is 0 Å². The molecule has 0 fully saturated rings. The van der Waals surface area contributed by atoms with Gasteiger partial charge in [0.05, 0.1) is 17.5 Å². The second-order valence-corrected chi connectivity index (χ2v) is 6.07. The summed E-state index contributed by atoms with van der Waals surface area (Å²) in [7, 11) is 1.39. The summed E-state index contributed by atoms with van der Waals surface area (Å²) in [6.45, 7) is 2.00. The van der Waals surface area contributed by atoms with Crippen LogP contribution in [0.1, 0.15) is 5.56 Å². The van der Waals surface area contributed by atoms with Crippen LogP contribution < -0.4 is 4.74 Å². The first kappa shape index (κ1) is 15.3. The van der Waals surface area contributed by atoms with E-state index in [1.807, 2.05) is 55.5 Å². The van der Waals surface area contributed by atoms with E-state index in [0.29, 0.717) is 10.4 Å². The van der Waals surface area contributed by atoms with Crippen molar-refractivity contribution in [1.82, 2.24) is 4.98 Å². The molecule has 0 amide bonds. The van der Waals surface area contributed by atoms with Crippen LogP contribution in [-0.4, -0.2) is 17.0 Å². The van der Waals surface area contributed by atoms with Crippen LogP contribution in [0.4, 0.5) is 5.69 Å². The summed E-state index contributed by atoms with van der Waals surface area (Å²) in [5, 5.41) is 12.3. The quantitative estimate of drug-likeness (QED) is 0.517. The molecule has 1 aromatic heterocycles. The van der Waals surface area contributed by atoms with Crippen molar-refractivity contribution in [2.45, 2.75) is 16.7 Å². The van der Waals surface area contributed by atoms with Gasteiger partial charge < -0.3 is 4.74 Å². The molecule has 116 valence electrons. The lowest BCUT2D eigenvalue weighted by Crippen LogP contribution is -1.99. The van der Waals surface area contributed by atoms with Crippen LogP contribution in [0, 0.1) is 17.0 Å². The van der Waals surface area contributed by atoms with Gasteiger partial charge in [0.2, 0.25) is 0 Å². The number of nitro groups is 1. The number of nitrogens with zero attached hydrogens (tertiary/aromatic N) is 2. The molecule has 5 nitrogen and oxygen atoms in total. The van der Waals surface area contributed by atoms with Gasteiger partial charge in [0.25, 0.3) is 5.88 Å².